The molecule has 0 aromatic rings. The van der Waals surface area contributed by atoms with Crippen LogP contribution in [0.5, 0.6) is 0 Å². The topological polar surface area (TPSA) is 49.7 Å². The third kappa shape index (κ3) is 3.35. The highest BCUT2D eigenvalue weighted by Crippen LogP contribution is 2.27. The number of unbranched alkanes of at least 4 members (excludes halogenated alkanes) is 1. The lowest BCUT2D eigenvalue weighted by atomic mass is 9.99. The molecule has 1 fully saturated rings. The van der Waals surface area contributed by atoms with Crippen LogP contribution < -0.4 is 0 Å². The summed E-state index contributed by atoms with van der Waals surface area (Å²) in [5.74, 6) is 0. The van der Waals surface area contributed by atoms with Crippen molar-refractivity contribution in [2.24, 2.45) is 0 Å². The van der Waals surface area contributed by atoms with Gasteiger partial charge in [-0.25, -0.2) is 0 Å². The Morgan fingerprint density at radius 2 is 2.14 bits per heavy atom. The predicted molar refractivity (Wildman–Crippen MR) is 59.4 cm³/mol. The standard InChI is InChI=1S/C10H22O3Si/c11-7-3-1-5-9(12)10(14)6-2-4-8-13-10/h9,11-12H,1-8H2,14H3. The summed E-state index contributed by atoms with van der Waals surface area (Å²) < 4.78 is 5.71. The fraction of sp³-hybridized carbons (Fsp3) is 1.00. The molecule has 84 valence electrons. The second-order valence-corrected chi connectivity index (χ2v) is 6.05. The van der Waals surface area contributed by atoms with Crippen molar-refractivity contribution < 1.29 is 14.9 Å². The van der Waals surface area contributed by atoms with E-state index in [0.29, 0.717) is 0 Å². The number of hydrogen-bond donors (Lipinski definition) is 2. The molecule has 0 aromatic heterocycles. The average Bonchev–Trinajstić information content (AvgIpc) is 2.19. The first-order chi connectivity index (χ1) is 6.69. The van der Waals surface area contributed by atoms with Gasteiger partial charge in [0.15, 0.2) is 0 Å². The Kier molecular flexibility index (Phi) is 5.09. The van der Waals surface area contributed by atoms with Crippen molar-refractivity contribution in [3.05, 3.63) is 0 Å². The van der Waals surface area contributed by atoms with Gasteiger partial charge in [-0.2, -0.15) is 0 Å². The van der Waals surface area contributed by atoms with Gasteiger partial charge < -0.3 is 14.9 Å². The molecule has 1 aliphatic heterocycles. The Morgan fingerprint density at radius 1 is 1.36 bits per heavy atom. The third-order valence-corrected chi connectivity index (χ3v) is 4.54. The minimum absolute atomic E-state index is 0.201. The quantitative estimate of drug-likeness (QED) is 0.495. The lowest BCUT2D eigenvalue weighted by Crippen LogP contribution is -2.47. The third-order valence-electron chi connectivity index (χ3n) is 3.09. The van der Waals surface area contributed by atoms with E-state index in [0.717, 1.165) is 49.0 Å². The summed E-state index contributed by atoms with van der Waals surface area (Å²) in [5, 5.41) is 18.4. The van der Waals surface area contributed by atoms with E-state index in [4.69, 9.17) is 9.84 Å². The largest absolute Gasteiger partial charge is 0.396 e. The summed E-state index contributed by atoms with van der Waals surface area (Å²) in [4.78, 5) is 0. The summed E-state index contributed by atoms with van der Waals surface area (Å²) in [6.07, 6.45) is 5.46. The Hall–Kier alpha value is 0.0969. The van der Waals surface area contributed by atoms with Crippen molar-refractivity contribution in [1.29, 1.82) is 0 Å². The molecule has 0 radical (unpaired) electrons. The number of aliphatic hydroxyl groups is 2. The molecule has 1 rings (SSSR count). The van der Waals surface area contributed by atoms with E-state index in [1.165, 1.54) is 6.42 Å². The zero-order valence-corrected chi connectivity index (χ0v) is 11.0. The second-order valence-electron chi connectivity index (χ2n) is 4.35. The molecule has 0 spiro atoms. The molecular weight excluding hydrogens is 196 g/mol. The van der Waals surface area contributed by atoms with Gasteiger partial charge in [-0.1, -0.05) is 0 Å². The van der Waals surface area contributed by atoms with Gasteiger partial charge in [0, 0.05) is 23.5 Å². The van der Waals surface area contributed by atoms with Gasteiger partial charge >= 0.3 is 0 Å². The summed E-state index contributed by atoms with van der Waals surface area (Å²) in [5.41, 5.74) is 0. The molecule has 0 aromatic carbocycles. The average molecular weight is 218 g/mol. The van der Waals surface area contributed by atoms with Crippen molar-refractivity contribution in [3.63, 3.8) is 0 Å². The highest BCUT2D eigenvalue weighted by molar-refractivity contribution is 6.15. The molecule has 2 unspecified atom stereocenters. The van der Waals surface area contributed by atoms with Crippen molar-refractivity contribution in [1.82, 2.24) is 0 Å². The molecule has 0 amide bonds. The smallest absolute Gasteiger partial charge is 0.0789 e. The Balaban J connectivity index is 2.29. The second kappa shape index (κ2) is 5.85. The van der Waals surface area contributed by atoms with E-state index < -0.39 is 0 Å². The van der Waals surface area contributed by atoms with E-state index in [1.807, 2.05) is 0 Å². The fourth-order valence-corrected chi connectivity index (χ4v) is 2.82. The van der Waals surface area contributed by atoms with Crippen LogP contribution in [0.15, 0.2) is 0 Å². The lowest BCUT2D eigenvalue weighted by Gasteiger charge is -2.38. The Labute approximate surface area is 88.9 Å². The zero-order chi connectivity index (χ0) is 10.4. The number of aliphatic hydroxyl groups excluding tert-OH is 2. The first-order valence-corrected chi connectivity index (χ1v) is 6.62. The SMILES string of the molecule is OCCCCC(O)C1([SiH3])CCCCO1. The first kappa shape index (κ1) is 12.2. The Morgan fingerprint density at radius 3 is 2.71 bits per heavy atom. The van der Waals surface area contributed by atoms with Crippen LogP contribution in [0, 0.1) is 0 Å². The highest BCUT2D eigenvalue weighted by Gasteiger charge is 2.34. The monoisotopic (exact) mass is 218 g/mol. The van der Waals surface area contributed by atoms with Gasteiger partial charge in [-0.05, 0) is 38.5 Å². The van der Waals surface area contributed by atoms with Gasteiger partial charge in [0.2, 0.25) is 0 Å². The summed E-state index contributed by atoms with van der Waals surface area (Å²) in [6.45, 7) is 1.03. The maximum atomic E-state index is 9.99. The minimum atomic E-state index is -0.319. The van der Waals surface area contributed by atoms with Crippen molar-refractivity contribution in [3.8, 4) is 0 Å². The molecule has 1 heterocycles. The fourth-order valence-electron chi connectivity index (χ4n) is 1.97. The number of rotatable bonds is 5. The molecule has 3 nitrogen and oxygen atoms in total. The highest BCUT2D eigenvalue weighted by atomic mass is 28.1. The maximum Gasteiger partial charge on any atom is 0.0789 e. The van der Waals surface area contributed by atoms with Crippen LogP contribution in [0.3, 0.4) is 0 Å². The normalized spacial score (nSPS) is 30.4. The van der Waals surface area contributed by atoms with E-state index in [1.54, 1.807) is 0 Å². The number of hydrogen-bond acceptors (Lipinski definition) is 3. The van der Waals surface area contributed by atoms with E-state index >= 15 is 0 Å². The first-order valence-electron chi connectivity index (χ1n) is 5.62. The molecule has 0 bridgehead atoms. The molecule has 0 saturated carbocycles. The molecule has 1 aliphatic rings. The summed E-state index contributed by atoms with van der Waals surface area (Å²) >= 11 is 0. The van der Waals surface area contributed by atoms with Crippen molar-refractivity contribution >= 4 is 10.2 Å². The van der Waals surface area contributed by atoms with Crippen LogP contribution in [0.2, 0.25) is 0 Å². The van der Waals surface area contributed by atoms with E-state index in [2.05, 4.69) is 0 Å². The predicted octanol–water partition coefficient (Wildman–Crippen LogP) is -0.228. The molecule has 2 atom stereocenters. The van der Waals surface area contributed by atoms with Gasteiger partial charge in [-0.3, -0.25) is 0 Å². The van der Waals surface area contributed by atoms with Crippen LogP contribution in [0.1, 0.15) is 38.5 Å². The molecule has 14 heavy (non-hydrogen) atoms. The zero-order valence-electron chi connectivity index (χ0n) is 9.04. The molecule has 0 aliphatic carbocycles. The van der Waals surface area contributed by atoms with Gasteiger partial charge in [0.25, 0.3) is 0 Å². The van der Waals surface area contributed by atoms with Gasteiger partial charge in [0.05, 0.1) is 11.3 Å². The van der Waals surface area contributed by atoms with Crippen molar-refractivity contribution in [2.45, 2.75) is 49.9 Å². The van der Waals surface area contributed by atoms with E-state index in [9.17, 15) is 5.11 Å². The van der Waals surface area contributed by atoms with E-state index in [-0.39, 0.29) is 17.9 Å². The van der Waals surface area contributed by atoms with Crippen LogP contribution in [0.25, 0.3) is 0 Å². The van der Waals surface area contributed by atoms with Gasteiger partial charge in [-0.15, -0.1) is 0 Å². The van der Waals surface area contributed by atoms with Gasteiger partial charge in [0.1, 0.15) is 0 Å². The van der Waals surface area contributed by atoms with Crippen LogP contribution in [0.4, 0.5) is 0 Å². The van der Waals surface area contributed by atoms with Crippen LogP contribution >= 0.6 is 0 Å². The van der Waals surface area contributed by atoms with Crippen LogP contribution in [-0.2, 0) is 4.74 Å². The summed E-state index contributed by atoms with van der Waals surface area (Å²) in [6, 6.07) is 0. The summed E-state index contributed by atoms with van der Waals surface area (Å²) in [7, 11) is 0.897. The molecular formula is C10H22O3Si. The van der Waals surface area contributed by atoms with Crippen LogP contribution in [-0.4, -0.2) is 45.0 Å². The number of ether oxygens (including phenoxy) is 1. The molecule has 2 N–H and O–H groups in total. The lowest BCUT2D eigenvalue weighted by molar-refractivity contribution is -0.0959. The minimum Gasteiger partial charge on any atom is -0.396 e. The molecule has 4 heteroatoms. The molecule has 1 saturated heterocycles. The maximum absolute atomic E-state index is 9.99. The Bertz CT molecular complexity index is 157. The van der Waals surface area contributed by atoms with Crippen molar-refractivity contribution in [2.75, 3.05) is 13.2 Å².